The maximum Gasteiger partial charge on any atom is 0.341 e. The van der Waals surface area contributed by atoms with E-state index in [-0.39, 0.29) is 0 Å². The number of anilines is 1. The first-order valence-corrected chi connectivity index (χ1v) is 9.04. The summed E-state index contributed by atoms with van der Waals surface area (Å²) in [4.78, 5) is 15.1. The number of hydrogen-bond acceptors (Lipinski definition) is 7. The van der Waals surface area contributed by atoms with E-state index < -0.39 is 12.6 Å². The molecule has 0 saturated heterocycles. The second-order valence-corrected chi connectivity index (χ2v) is 6.96. The van der Waals surface area contributed by atoms with E-state index >= 15 is 0 Å². The van der Waals surface area contributed by atoms with Gasteiger partial charge in [-0.05, 0) is 45.8 Å². The largest absolute Gasteiger partial charge is 0.493 e. The first kappa shape index (κ1) is 18.2. The molecule has 0 unspecified atom stereocenters. The Balaban J connectivity index is 1.75. The summed E-state index contributed by atoms with van der Waals surface area (Å²) in [6, 6.07) is 11.3. The van der Waals surface area contributed by atoms with E-state index in [1.165, 1.54) is 18.4 Å². The van der Waals surface area contributed by atoms with Gasteiger partial charge in [0.2, 0.25) is 5.13 Å². The number of para-hydroxylation sites is 1. The molecule has 3 aromatic rings. The number of fused-ring (bicyclic) bond motifs is 1. The number of nitrogens with zero attached hydrogens (tertiary/aromatic N) is 2. The molecule has 0 aliphatic carbocycles. The topological polar surface area (TPSA) is 93.0 Å². The number of hydrazone groups is 1. The Morgan fingerprint density at radius 2 is 2.23 bits per heavy atom. The normalized spacial score (nSPS) is 11.0. The van der Waals surface area contributed by atoms with Crippen LogP contribution in [0, 0.1) is 0 Å². The number of carboxylic acids is 1. The van der Waals surface area contributed by atoms with Gasteiger partial charge in [-0.25, -0.2) is 9.78 Å². The molecule has 1 aromatic heterocycles. The molecule has 1 heterocycles. The van der Waals surface area contributed by atoms with Gasteiger partial charge in [0.15, 0.2) is 18.1 Å². The summed E-state index contributed by atoms with van der Waals surface area (Å²) < 4.78 is 12.2. The van der Waals surface area contributed by atoms with E-state index in [0.717, 1.165) is 15.8 Å². The van der Waals surface area contributed by atoms with Crippen LogP contribution in [0.25, 0.3) is 10.2 Å². The summed E-state index contributed by atoms with van der Waals surface area (Å²) in [5, 5.41) is 13.6. The molecule has 3 rings (SSSR count). The number of nitrogens with one attached hydrogen (secondary N) is 1. The van der Waals surface area contributed by atoms with E-state index in [4.69, 9.17) is 14.6 Å². The molecule has 0 aliphatic rings. The van der Waals surface area contributed by atoms with Crippen LogP contribution in [0.15, 0.2) is 46.0 Å². The summed E-state index contributed by atoms with van der Waals surface area (Å²) in [7, 11) is 1.48. The van der Waals surface area contributed by atoms with Crippen LogP contribution in [0.2, 0.25) is 0 Å². The molecule has 26 heavy (non-hydrogen) atoms. The van der Waals surface area contributed by atoms with Gasteiger partial charge in [0.05, 0.1) is 28.0 Å². The van der Waals surface area contributed by atoms with Crippen molar-refractivity contribution in [2.75, 3.05) is 19.1 Å². The van der Waals surface area contributed by atoms with Crippen molar-refractivity contribution in [2.45, 2.75) is 0 Å². The van der Waals surface area contributed by atoms with Crippen LogP contribution in [0.3, 0.4) is 0 Å². The lowest BCUT2D eigenvalue weighted by atomic mass is 10.2. The van der Waals surface area contributed by atoms with Gasteiger partial charge in [-0.15, -0.1) is 0 Å². The molecule has 9 heteroatoms. The molecule has 0 amide bonds. The highest BCUT2D eigenvalue weighted by Gasteiger charge is 2.12. The lowest BCUT2D eigenvalue weighted by molar-refractivity contribution is -0.139. The van der Waals surface area contributed by atoms with Crippen molar-refractivity contribution in [3.8, 4) is 11.5 Å². The molecule has 0 radical (unpaired) electrons. The predicted molar refractivity (Wildman–Crippen MR) is 105 cm³/mol. The SMILES string of the molecule is COc1cc(/C=N/Nc2nc3ccccc3s2)cc(Br)c1OCC(=O)O. The number of ether oxygens (including phenoxy) is 2. The van der Waals surface area contributed by atoms with Crippen LogP contribution in [0.5, 0.6) is 11.5 Å². The monoisotopic (exact) mass is 435 g/mol. The molecule has 0 fully saturated rings. The summed E-state index contributed by atoms with van der Waals surface area (Å²) in [6.45, 7) is -0.457. The number of aromatic nitrogens is 1. The van der Waals surface area contributed by atoms with Crippen LogP contribution in [-0.4, -0.2) is 36.0 Å². The molecule has 2 aromatic carbocycles. The maximum atomic E-state index is 10.7. The van der Waals surface area contributed by atoms with Crippen LogP contribution in [0.1, 0.15) is 5.56 Å². The molecule has 2 N–H and O–H groups in total. The number of carboxylic acid groups (broad SMARTS) is 1. The standard InChI is InChI=1S/C17H14BrN3O4S/c1-24-13-7-10(6-11(18)16(13)25-9-15(22)23)8-19-21-17-20-12-4-2-3-5-14(12)26-17/h2-8H,9H2,1H3,(H,20,21)(H,22,23)/b19-8+. The predicted octanol–water partition coefficient (Wildman–Crippen LogP) is 3.98. The number of hydrogen-bond donors (Lipinski definition) is 2. The van der Waals surface area contributed by atoms with Crippen molar-refractivity contribution in [2.24, 2.45) is 5.10 Å². The average molecular weight is 436 g/mol. The van der Waals surface area contributed by atoms with Crippen LogP contribution >= 0.6 is 27.3 Å². The Bertz CT molecular complexity index is 941. The van der Waals surface area contributed by atoms with Crippen molar-refractivity contribution in [1.29, 1.82) is 0 Å². The Hall–Kier alpha value is -2.65. The third-order valence-corrected chi connectivity index (χ3v) is 4.79. The number of methoxy groups -OCH3 is 1. The van der Waals surface area contributed by atoms with Crippen LogP contribution in [0.4, 0.5) is 5.13 Å². The van der Waals surface area contributed by atoms with Gasteiger partial charge in [0.1, 0.15) is 0 Å². The lowest BCUT2D eigenvalue weighted by Gasteiger charge is -2.12. The molecule has 0 saturated carbocycles. The molecule has 7 nitrogen and oxygen atoms in total. The highest BCUT2D eigenvalue weighted by molar-refractivity contribution is 9.10. The Kier molecular flexibility index (Phi) is 5.69. The third kappa shape index (κ3) is 4.30. The molecule has 0 atom stereocenters. The Morgan fingerprint density at radius 1 is 1.42 bits per heavy atom. The van der Waals surface area contributed by atoms with Gasteiger partial charge in [-0.3, -0.25) is 5.43 Å². The van der Waals surface area contributed by atoms with Gasteiger partial charge >= 0.3 is 5.97 Å². The third-order valence-electron chi connectivity index (χ3n) is 3.26. The van der Waals surface area contributed by atoms with Gasteiger partial charge in [0.25, 0.3) is 0 Å². The quantitative estimate of drug-likeness (QED) is 0.430. The van der Waals surface area contributed by atoms with Gasteiger partial charge in [-0.2, -0.15) is 5.10 Å². The number of benzene rings is 2. The maximum absolute atomic E-state index is 10.7. The fraction of sp³-hybridized carbons (Fsp3) is 0.118. The van der Waals surface area contributed by atoms with Crippen molar-refractivity contribution in [3.05, 3.63) is 46.4 Å². The van der Waals surface area contributed by atoms with Gasteiger partial charge in [-0.1, -0.05) is 23.5 Å². The van der Waals surface area contributed by atoms with E-state index in [9.17, 15) is 4.79 Å². The number of thiazole rings is 1. The minimum Gasteiger partial charge on any atom is -0.493 e. The molecule has 134 valence electrons. The number of carbonyl (C=O) groups is 1. The van der Waals surface area contributed by atoms with Gasteiger partial charge in [0, 0.05) is 0 Å². The summed E-state index contributed by atoms with van der Waals surface area (Å²) >= 11 is 4.87. The zero-order valence-electron chi connectivity index (χ0n) is 13.6. The van der Waals surface area contributed by atoms with Crippen LogP contribution in [-0.2, 0) is 4.79 Å². The number of aliphatic carboxylic acids is 1. The molecule has 0 aliphatic heterocycles. The van der Waals surface area contributed by atoms with Gasteiger partial charge < -0.3 is 14.6 Å². The first-order valence-electron chi connectivity index (χ1n) is 7.43. The average Bonchev–Trinajstić information content (AvgIpc) is 3.03. The number of halogens is 1. The minimum atomic E-state index is -1.07. The molecular formula is C17H14BrN3O4S. The van der Waals surface area contributed by atoms with Crippen molar-refractivity contribution in [1.82, 2.24) is 4.98 Å². The lowest BCUT2D eigenvalue weighted by Crippen LogP contribution is -2.10. The van der Waals surface area contributed by atoms with E-state index in [1.54, 1.807) is 18.3 Å². The minimum absolute atomic E-state index is 0.325. The summed E-state index contributed by atoms with van der Waals surface area (Å²) in [5.74, 6) is -0.335. The molecule has 0 spiro atoms. The fourth-order valence-electron chi connectivity index (χ4n) is 2.17. The zero-order valence-corrected chi connectivity index (χ0v) is 16.0. The fourth-order valence-corrected chi connectivity index (χ4v) is 3.56. The van der Waals surface area contributed by atoms with Crippen LogP contribution < -0.4 is 14.9 Å². The smallest absolute Gasteiger partial charge is 0.341 e. The molecule has 0 bridgehead atoms. The van der Waals surface area contributed by atoms with E-state index in [1.807, 2.05) is 24.3 Å². The highest BCUT2D eigenvalue weighted by atomic mass is 79.9. The Morgan fingerprint density at radius 3 is 2.96 bits per heavy atom. The Labute approximate surface area is 161 Å². The van der Waals surface area contributed by atoms with Crippen molar-refractivity contribution in [3.63, 3.8) is 0 Å². The highest BCUT2D eigenvalue weighted by Crippen LogP contribution is 2.36. The van der Waals surface area contributed by atoms with Crippen molar-refractivity contribution >= 4 is 54.8 Å². The summed E-state index contributed by atoms with van der Waals surface area (Å²) in [5.41, 5.74) is 4.56. The van der Waals surface area contributed by atoms with Crippen molar-refractivity contribution < 1.29 is 19.4 Å². The number of rotatable bonds is 7. The second-order valence-electron chi connectivity index (χ2n) is 5.07. The van der Waals surface area contributed by atoms with E-state index in [0.29, 0.717) is 21.1 Å². The second kappa shape index (κ2) is 8.15. The summed E-state index contributed by atoms with van der Waals surface area (Å²) in [6.07, 6.45) is 1.61. The molecular weight excluding hydrogens is 422 g/mol. The zero-order chi connectivity index (χ0) is 18.5. The van der Waals surface area contributed by atoms with E-state index in [2.05, 4.69) is 31.4 Å². The first-order chi connectivity index (χ1) is 12.6.